The molecule has 0 bridgehead atoms. The molecule has 0 radical (unpaired) electrons. The average molecular weight is 465 g/mol. The SMILES string of the molecule is CN1CCN(Cc2c(-c3ccccc3)nc3ccccc3c2C(=O)NCCc2ccccc2)CC1. The first kappa shape index (κ1) is 23.2. The van der Waals surface area contributed by atoms with Crippen molar-refractivity contribution in [3.63, 3.8) is 0 Å². The lowest BCUT2D eigenvalue weighted by Gasteiger charge is -2.33. The summed E-state index contributed by atoms with van der Waals surface area (Å²) >= 11 is 0. The molecule has 5 rings (SSSR count). The van der Waals surface area contributed by atoms with Crippen LogP contribution in [-0.2, 0) is 13.0 Å². The van der Waals surface area contributed by atoms with E-state index in [2.05, 4.69) is 46.4 Å². The number of carbonyl (C=O) groups is 1. The van der Waals surface area contributed by atoms with Gasteiger partial charge in [0.1, 0.15) is 0 Å². The molecule has 1 saturated heterocycles. The van der Waals surface area contributed by atoms with Crippen LogP contribution >= 0.6 is 0 Å². The van der Waals surface area contributed by atoms with Gasteiger partial charge in [-0.05, 0) is 25.1 Å². The lowest BCUT2D eigenvalue weighted by atomic mass is 9.95. The Balaban J connectivity index is 1.54. The maximum atomic E-state index is 13.8. The fraction of sp³-hybridized carbons (Fsp3) is 0.267. The number of hydrogen-bond donors (Lipinski definition) is 1. The zero-order valence-corrected chi connectivity index (χ0v) is 20.3. The van der Waals surface area contributed by atoms with Gasteiger partial charge in [0.25, 0.3) is 5.91 Å². The molecule has 0 atom stereocenters. The number of piperazine rings is 1. The van der Waals surface area contributed by atoms with E-state index in [1.165, 1.54) is 5.56 Å². The summed E-state index contributed by atoms with van der Waals surface area (Å²) in [7, 11) is 2.16. The number of hydrogen-bond acceptors (Lipinski definition) is 4. The van der Waals surface area contributed by atoms with Gasteiger partial charge in [0.05, 0.1) is 16.8 Å². The average Bonchev–Trinajstić information content (AvgIpc) is 2.90. The number of amides is 1. The minimum absolute atomic E-state index is 0.0270. The Bertz CT molecular complexity index is 1280. The number of rotatable bonds is 7. The standard InChI is InChI=1S/C30H32N4O/c1-33-18-20-34(21-19-33)22-26-28(30(35)31-17-16-23-10-4-2-5-11-23)25-14-8-9-15-27(25)32-29(26)24-12-6-3-7-13-24/h2-15H,16-22H2,1H3,(H,31,35). The number of carbonyl (C=O) groups excluding carboxylic acids is 1. The highest BCUT2D eigenvalue weighted by atomic mass is 16.1. The Hall–Kier alpha value is -3.54. The Kier molecular flexibility index (Phi) is 7.17. The van der Waals surface area contributed by atoms with Crippen molar-refractivity contribution in [2.24, 2.45) is 0 Å². The molecule has 1 aliphatic heterocycles. The van der Waals surface area contributed by atoms with Crippen molar-refractivity contribution in [1.82, 2.24) is 20.1 Å². The second kappa shape index (κ2) is 10.8. The molecule has 1 amide bonds. The molecule has 1 aromatic heterocycles. The van der Waals surface area contributed by atoms with Crippen LogP contribution in [0.3, 0.4) is 0 Å². The van der Waals surface area contributed by atoms with Crippen molar-refractivity contribution in [3.05, 3.63) is 102 Å². The second-order valence-electron chi connectivity index (χ2n) is 9.27. The van der Waals surface area contributed by atoms with E-state index in [1.807, 2.05) is 60.7 Å². The van der Waals surface area contributed by atoms with Crippen molar-refractivity contribution in [2.45, 2.75) is 13.0 Å². The molecule has 5 nitrogen and oxygen atoms in total. The quantitative estimate of drug-likeness (QED) is 0.434. The predicted octanol–water partition coefficient (Wildman–Crippen LogP) is 4.62. The molecule has 0 saturated carbocycles. The van der Waals surface area contributed by atoms with Gasteiger partial charge in [-0.1, -0.05) is 78.9 Å². The number of pyridine rings is 1. The molecule has 35 heavy (non-hydrogen) atoms. The first-order valence-electron chi connectivity index (χ1n) is 12.4. The van der Waals surface area contributed by atoms with E-state index in [4.69, 9.17) is 4.98 Å². The van der Waals surface area contributed by atoms with Crippen LogP contribution in [0.25, 0.3) is 22.2 Å². The van der Waals surface area contributed by atoms with Gasteiger partial charge in [-0.2, -0.15) is 0 Å². The van der Waals surface area contributed by atoms with Crippen LogP contribution in [0.4, 0.5) is 0 Å². The molecule has 3 aromatic carbocycles. The highest BCUT2D eigenvalue weighted by Crippen LogP contribution is 2.31. The van der Waals surface area contributed by atoms with Crippen molar-refractivity contribution in [1.29, 1.82) is 0 Å². The largest absolute Gasteiger partial charge is 0.352 e. The fourth-order valence-electron chi connectivity index (χ4n) is 4.78. The van der Waals surface area contributed by atoms with Gasteiger partial charge in [0.2, 0.25) is 0 Å². The van der Waals surface area contributed by atoms with Gasteiger partial charge >= 0.3 is 0 Å². The van der Waals surface area contributed by atoms with Crippen LogP contribution < -0.4 is 5.32 Å². The smallest absolute Gasteiger partial charge is 0.252 e. The van der Waals surface area contributed by atoms with E-state index in [9.17, 15) is 4.79 Å². The lowest BCUT2D eigenvalue weighted by Crippen LogP contribution is -2.44. The third-order valence-corrected chi connectivity index (χ3v) is 6.79. The maximum Gasteiger partial charge on any atom is 0.252 e. The zero-order valence-electron chi connectivity index (χ0n) is 20.3. The lowest BCUT2D eigenvalue weighted by molar-refractivity contribution is 0.0952. The van der Waals surface area contributed by atoms with E-state index >= 15 is 0 Å². The normalized spacial score (nSPS) is 14.8. The molecule has 0 unspecified atom stereocenters. The number of benzene rings is 3. The number of fused-ring (bicyclic) bond motifs is 1. The molecule has 0 aliphatic carbocycles. The summed E-state index contributed by atoms with van der Waals surface area (Å²) in [5.74, 6) is -0.0270. The molecule has 2 heterocycles. The van der Waals surface area contributed by atoms with E-state index < -0.39 is 0 Å². The summed E-state index contributed by atoms with van der Waals surface area (Å²) in [5, 5.41) is 4.12. The molecule has 4 aromatic rings. The van der Waals surface area contributed by atoms with Crippen LogP contribution in [0.1, 0.15) is 21.5 Å². The molecule has 1 aliphatic rings. The van der Waals surface area contributed by atoms with E-state index in [0.29, 0.717) is 13.1 Å². The molecular weight excluding hydrogens is 432 g/mol. The van der Waals surface area contributed by atoms with E-state index in [0.717, 1.165) is 65.9 Å². The summed E-state index contributed by atoms with van der Waals surface area (Å²) in [6.45, 7) is 5.31. The first-order valence-corrected chi connectivity index (χ1v) is 12.4. The molecule has 5 heteroatoms. The number of nitrogens with zero attached hydrogens (tertiary/aromatic N) is 3. The molecule has 0 spiro atoms. The van der Waals surface area contributed by atoms with E-state index in [1.54, 1.807) is 0 Å². The molecular formula is C30H32N4O. The van der Waals surface area contributed by atoms with Crippen molar-refractivity contribution in [2.75, 3.05) is 39.8 Å². The summed E-state index contributed by atoms with van der Waals surface area (Å²) in [5.41, 5.74) is 5.77. The maximum absolute atomic E-state index is 13.8. The third kappa shape index (κ3) is 5.42. The topological polar surface area (TPSA) is 48.5 Å². The van der Waals surface area contributed by atoms with Gasteiger partial charge in [-0.15, -0.1) is 0 Å². The monoisotopic (exact) mass is 464 g/mol. The van der Waals surface area contributed by atoms with Gasteiger partial charge in [0, 0.05) is 55.8 Å². The summed E-state index contributed by atoms with van der Waals surface area (Å²) in [6.07, 6.45) is 0.801. The Morgan fingerprint density at radius 3 is 2.26 bits per heavy atom. The molecule has 1 N–H and O–H groups in total. The highest BCUT2D eigenvalue weighted by Gasteiger charge is 2.24. The number of nitrogens with one attached hydrogen (secondary N) is 1. The first-order chi connectivity index (χ1) is 17.2. The van der Waals surface area contributed by atoms with Gasteiger partial charge in [-0.25, -0.2) is 4.98 Å². The van der Waals surface area contributed by atoms with Crippen molar-refractivity contribution >= 4 is 16.8 Å². The van der Waals surface area contributed by atoms with Gasteiger partial charge < -0.3 is 10.2 Å². The van der Waals surface area contributed by atoms with Crippen molar-refractivity contribution < 1.29 is 4.79 Å². The fourth-order valence-corrected chi connectivity index (χ4v) is 4.78. The van der Waals surface area contributed by atoms with Gasteiger partial charge in [0.15, 0.2) is 0 Å². The van der Waals surface area contributed by atoms with Crippen LogP contribution in [0.15, 0.2) is 84.9 Å². The molecule has 178 valence electrons. The van der Waals surface area contributed by atoms with Crippen LogP contribution in [0.2, 0.25) is 0 Å². The zero-order chi connectivity index (χ0) is 24.0. The summed E-state index contributed by atoms with van der Waals surface area (Å²) in [6, 6.07) is 28.5. The number of aromatic nitrogens is 1. The Labute approximate surface area is 207 Å². The third-order valence-electron chi connectivity index (χ3n) is 6.79. The van der Waals surface area contributed by atoms with Crippen molar-refractivity contribution in [3.8, 4) is 11.3 Å². The predicted molar refractivity (Wildman–Crippen MR) is 142 cm³/mol. The Morgan fingerprint density at radius 2 is 1.51 bits per heavy atom. The van der Waals surface area contributed by atoms with Crippen LogP contribution in [0.5, 0.6) is 0 Å². The molecule has 1 fully saturated rings. The minimum Gasteiger partial charge on any atom is -0.352 e. The summed E-state index contributed by atoms with van der Waals surface area (Å²) < 4.78 is 0. The summed E-state index contributed by atoms with van der Waals surface area (Å²) in [4.78, 5) is 23.7. The van der Waals surface area contributed by atoms with Crippen LogP contribution in [0, 0.1) is 0 Å². The van der Waals surface area contributed by atoms with Crippen LogP contribution in [-0.4, -0.2) is 60.5 Å². The minimum atomic E-state index is -0.0270. The Morgan fingerprint density at radius 1 is 0.857 bits per heavy atom. The highest BCUT2D eigenvalue weighted by molar-refractivity contribution is 6.09. The number of para-hydroxylation sites is 1. The van der Waals surface area contributed by atoms with E-state index in [-0.39, 0.29) is 5.91 Å². The number of likely N-dealkylation sites (N-methyl/N-ethyl adjacent to an activating group) is 1. The van der Waals surface area contributed by atoms with Gasteiger partial charge in [-0.3, -0.25) is 9.69 Å². The second-order valence-corrected chi connectivity index (χ2v) is 9.27.